The van der Waals surface area contributed by atoms with Gasteiger partial charge in [-0.1, -0.05) is 60.1 Å². The number of hydrogen-bond donors (Lipinski definition) is 0. The molecule has 1 atom stereocenters. The second-order valence-electron chi connectivity index (χ2n) is 6.94. The molecule has 172 valence electrons. The van der Waals surface area contributed by atoms with Crippen LogP contribution >= 0.6 is 19.5 Å². The molecule has 33 heavy (non-hydrogen) atoms. The largest absolute Gasteiger partial charge is 0.417 e. The van der Waals surface area contributed by atoms with Crippen LogP contribution in [0.25, 0.3) is 0 Å². The first-order valence-corrected chi connectivity index (χ1v) is 11.0. The maximum absolute atomic E-state index is 13.7. The highest BCUT2D eigenvalue weighted by Gasteiger charge is 2.45. The summed E-state index contributed by atoms with van der Waals surface area (Å²) in [5, 5.41) is -0.0525. The molecule has 0 aliphatic carbocycles. The van der Waals surface area contributed by atoms with E-state index in [-0.39, 0.29) is 15.9 Å². The Balaban J connectivity index is 2.32. The van der Waals surface area contributed by atoms with Crippen molar-refractivity contribution in [2.24, 2.45) is 0 Å². The van der Waals surface area contributed by atoms with Gasteiger partial charge in [0.15, 0.2) is 11.0 Å². The van der Waals surface area contributed by atoms with E-state index in [4.69, 9.17) is 11.6 Å². The van der Waals surface area contributed by atoms with Crippen LogP contribution in [0, 0.1) is 6.92 Å². The molecule has 0 spiro atoms. The van der Waals surface area contributed by atoms with Gasteiger partial charge >= 0.3 is 12.4 Å². The highest BCUT2D eigenvalue weighted by atomic mass is 35.5. The predicted molar refractivity (Wildman–Crippen MR) is 114 cm³/mol. The molecule has 0 aliphatic heterocycles. The first-order chi connectivity index (χ1) is 15.3. The summed E-state index contributed by atoms with van der Waals surface area (Å²) < 4.78 is 82.1. The summed E-state index contributed by atoms with van der Waals surface area (Å²) in [6.07, 6.45) is -10.5. The van der Waals surface area contributed by atoms with Gasteiger partial charge in [-0.2, -0.15) is 26.3 Å². The smallest absolute Gasteiger partial charge is 0.288 e. The molecule has 0 saturated heterocycles. The van der Waals surface area contributed by atoms with Gasteiger partial charge < -0.3 is 0 Å². The molecule has 0 N–H and O–H groups in total. The summed E-state index contributed by atoms with van der Waals surface area (Å²) in [6, 6.07) is 12.8. The van der Waals surface area contributed by atoms with Crippen LogP contribution < -0.4 is 5.30 Å². The van der Waals surface area contributed by atoms with Gasteiger partial charge in [0, 0.05) is 11.1 Å². The fourth-order valence-corrected chi connectivity index (χ4v) is 5.77. The van der Waals surface area contributed by atoms with Crippen molar-refractivity contribution in [2.45, 2.75) is 19.3 Å². The van der Waals surface area contributed by atoms with E-state index in [1.54, 1.807) is 0 Å². The molecule has 0 heterocycles. The molecule has 0 aromatic heterocycles. The molecular weight excluding hydrogens is 489 g/mol. The maximum Gasteiger partial charge on any atom is 0.417 e. The Bertz CT molecular complexity index is 1150. The highest BCUT2D eigenvalue weighted by Crippen LogP contribution is 2.49. The molecule has 3 aromatic rings. The molecule has 0 saturated carbocycles. The molecule has 0 bridgehead atoms. The van der Waals surface area contributed by atoms with Gasteiger partial charge in [-0.05, 0) is 36.0 Å². The Labute approximate surface area is 190 Å². The number of alkyl halides is 6. The molecule has 2 nitrogen and oxygen atoms in total. The van der Waals surface area contributed by atoms with Gasteiger partial charge in [-0.25, -0.2) is 0 Å². The standard InChI is InChI=1S/C23H14ClF6O2P/c1-13-7-5-12-17(24)18(13)20(31)33(14-8-3-2-4-9-14)21(32)19-15(22(25,26)27)10-6-11-16(19)23(28,29)30/h2-12H,1H3. The van der Waals surface area contributed by atoms with Crippen molar-refractivity contribution in [2.75, 3.05) is 0 Å². The molecule has 1 unspecified atom stereocenters. The van der Waals surface area contributed by atoms with E-state index in [9.17, 15) is 35.9 Å². The Morgan fingerprint density at radius 2 is 1.18 bits per heavy atom. The SMILES string of the molecule is Cc1cccc(Cl)c1C(=O)P(C(=O)c1c(C(F)(F)F)cccc1C(F)(F)F)c1ccccc1. The summed E-state index contributed by atoms with van der Waals surface area (Å²) in [7, 11) is -2.85. The zero-order valence-corrected chi connectivity index (χ0v) is 18.4. The number of halogens is 7. The van der Waals surface area contributed by atoms with Crippen molar-refractivity contribution >= 4 is 35.9 Å². The average Bonchev–Trinajstić information content (AvgIpc) is 2.72. The van der Waals surface area contributed by atoms with E-state index in [0.717, 1.165) is 0 Å². The van der Waals surface area contributed by atoms with Crippen molar-refractivity contribution in [3.63, 3.8) is 0 Å². The molecule has 3 rings (SSSR count). The van der Waals surface area contributed by atoms with Gasteiger partial charge in [0.05, 0.1) is 24.1 Å². The zero-order chi connectivity index (χ0) is 24.6. The van der Waals surface area contributed by atoms with Crippen LogP contribution in [0.5, 0.6) is 0 Å². The van der Waals surface area contributed by atoms with Crippen molar-refractivity contribution in [3.05, 3.63) is 99.6 Å². The lowest BCUT2D eigenvalue weighted by Crippen LogP contribution is -2.24. The Kier molecular flexibility index (Phi) is 7.01. The van der Waals surface area contributed by atoms with Crippen LogP contribution in [0.15, 0.2) is 66.7 Å². The number of rotatable bonds is 5. The lowest BCUT2D eigenvalue weighted by Gasteiger charge is -2.22. The van der Waals surface area contributed by atoms with E-state index in [2.05, 4.69) is 0 Å². The molecule has 0 radical (unpaired) electrons. The first-order valence-electron chi connectivity index (χ1n) is 9.30. The quantitative estimate of drug-likeness (QED) is 0.268. The summed E-state index contributed by atoms with van der Waals surface area (Å²) in [5.74, 6) is 0. The van der Waals surface area contributed by atoms with Crippen molar-refractivity contribution in [3.8, 4) is 0 Å². The van der Waals surface area contributed by atoms with Crippen LogP contribution in [-0.2, 0) is 12.4 Å². The fourth-order valence-electron chi connectivity index (χ4n) is 3.29. The number of benzene rings is 3. The van der Waals surface area contributed by atoms with Crippen molar-refractivity contribution < 1.29 is 35.9 Å². The third-order valence-electron chi connectivity index (χ3n) is 4.75. The van der Waals surface area contributed by atoms with Crippen LogP contribution in [0.2, 0.25) is 5.02 Å². The van der Waals surface area contributed by atoms with E-state index in [0.29, 0.717) is 23.8 Å². The highest BCUT2D eigenvalue weighted by molar-refractivity contribution is 7.96. The number of carbonyl (C=O) groups is 2. The normalized spacial score (nSPS) is 13.0. The molecule has 0 fully saturated rings. The monoisotopic (exact) mass is 502 g/mol. The van der Waals surface area contributed by atoms with Gasteiger partial charge in [0.25, 0.3) is 0 Å². The summed E-state index contributed by atoms with van der Waals surface area (Å²) in [6.45, 7) is 1.51. The molecule has 0 amide bonds. The number of hydrogen-bond acceptors (Lipinski definition) is 2. The third-order valence-corrected chi connectivity index (χ3v) is 7.13. The van der Waals surface area contributed by atoms with E-state index in [1.165, 1.54) is 55.5 Å². The fraction of sp³-hybridized carbons (Fsp3) is 0.130. The van der Waals surface area contributed by atoms with Crippen LogP contribution in [0.3, 0.4) is 0 Å². The number of aryl methyl sites for hydroxylation is 1. The Hall–Kier alpha value is -2.70. The topological polar surface area (TPSA) is 34.1 Å². The third kappa shape index (κ3) is 5.12. The summed E-state index contributed by atoms with van der Waals surface area (Å²) in [5.41, 5.74) is -7.37. The van der Waals surface area contributed by atoms with Crippen LogP contribution in [0.1, 0.15) is 37.4 Å². The van der Waals surface area contributed by atoms with Crippen LogP contribution in [-0.4, -0.2) is 11.0 Å². The van der Waals surface area contributed by atoms with E-state index < -0.39 is 48.0 Å². The van der Waals surface area contributed by atoms with Crippen molar-refractivity contribution in [1.29, 1.82) is 0 Å². The Morgan fingerprint density at radius 3 is 1.67 bits per heavy atom. The molecule has 0 aliphatic rings. The predicted octanol–water partition coefficient (Wildman–Crippen LogP) is 7.47. The lowest BCUT2D eigenvalue weighted by atomic mass is 10.0. The zero-order valence-electron chi connectivity index (χ0n) is 16.8. The second-order valence-corrected chi connectivity index (χ2v) is 9.34. The van der Waals surface area contributed by atoms with E-state index >= 15 is 0 Å². The van der Waals surface area contributed by atoms with Gasteiger partial charge in [-0.15, -0.1) is 0 Å². The van der Waals surface area contributed by atoms with Crippen molar-refractivity contribution in [1.82, 2.24) is 0 Å². The van der Waals surface area contributed by atoms with E-state index in [1.807, 2.05) is 0 Å². The minimum absolute atomic E-state index is 0.00641. The summed E-state index contributed by atoms with van der Waals surface area (Å²) in [4.78, 5) is 27.0. The van der Waals surface area contributed by atoms with Crippen LogP contribution in [0.4, 0.5) is 26.3 Å². The van der Waals surface area contributed by atoms with Gasteiger partial charge in [0.2, 0.25) is 0 Å². The molecule has 10 heteroatoms. The average molecular weight is 503 g/mol. The first kappa shape index (κ1) is 24.9. The molecular formula is C23H14ClF6O2P. The minimum Gasteiger partial charge on any atom is -0.288 e. The van der Waals surface area contributed by atoms with Gasteiger partial charge in [-0.3, -0.25) is 9.59 Å². The Morgan fingerprint density at radius 1 is 0.697 bits per heavy atom. The molecule has 3 aromatic carbocycles. The number of carbonyl (C=O) groups excluding carboxylic acids is 2. The summed E-state index contributed by atoms with van der Waals surface area (Å²) >= 11 is 6.13. The lowest BCUT2D eigenvalue weighted by molar-refractivity contribution is -0.143. The second kappa shape index (κ2) is 9.27. The minimum atomic E-state index is -5.26. The van der Waals surface area contributed by atoms with Gasteiger partial charge in [0.1, 0.15) is 0 Å². The maximum atomic E-state index is 13.7.